The maximum atomic E-state index is 14.7. The van der Waals surface area contributed by atoms with Crippen LogP contribution in [-0.2, 0) is 0 Å². The third-order valence-electron chi connectivity index (χ3n) is 4.85. The van der Waals surface area contributed by atoms with Gasteiger partial charge in [-0.2, -0.15) is 35.1 Å². The molecule has 0 aromatic heterocycles. The van der Waals surface area contributed by atoms with Gasteiger partial charge in [-0.3, -0.25) is 0 Å². The standard InChI is InChI=1S/C15H20F9I/c1-3-5-6-7-8-10(25,4-2)9-11(16)12(17,18)14(21,22)15(23,24)13(11,19)20/h3-9H2,1-2H3. The number of unbranched alkanes of at least 4 members (excludes halogenated alkanes) is 3. The molecular formula is C15H20F9I. The molecule has 10 heteroatoms. The van der Waals surface area contributed by atoms with E-state index in [4.69, 9.17) is 0 Å². The van der Waals surface area contributed by atoms with Crippen LogP contribution in [0.5, 0.6) is 0 Å². The van der Waals surface area contributed by atoms with E-state index >= 15 is 0 Å². The normalized spacial score (nSPS) is 27.8. The van der Waals surface area contributed by atoms with Crippen molar-refractivity contribution in [2.24, 2.45) is 0 Å². The Morgan fingerprint density at radius 3 is 1.48 bits per heavy atom. The number of halogens is 10. The van der Waals surface area contributed by atoms with E-state index in [-0.39, 0.29) is 12.8 Å². The topological polar surface area (TPSA) is 0 Å². The van der Waals surface area contributed by atoms with E-state index in [0.29, 0.717) is 12.8 Å². The summed E-state index contributed by atoms with van der Waals surface area (Å²) in [7, 11) is 0. The summed E-state index contributed by atoms with van der Waals surface area (Å²) in [6, 6.07) is 0. The fraction of sp³-hybridized carbons (Fsp3) is 1.00. The summed E-state index contributed by atoms with van der Waals surface area (Å²) >= 11 is 1.45. The van der Waals surface area contributed by atoms with Crippen molar-refractivity contribution in [3.05, 3.63) is 0 Å². The molecule has 0 saturated heterocycles. The van der Waals surface area contributed by atoms with Gasteiger partial charge >= 0.3 is 23.7 Å². The molecule has 1 aliphatic carbocycles. The molecule has 0 spiro atoms. The molecule has 25 heavy (non-hydrogen) atoms. The minimum absolute atomic E-state index is 0.0148. The van der Waals surface area contributed by atoms with Crippen LogP contribution in [0.1, 0.15) is 58.8 Å². The largest absolute Gasteiger partial charge is 0.381 e. The Morgan fingerprint density at radius 2 is 1.12 bits per heavy atom. The average molecular weight is 498 g/mol. The monoisotopic (exact) mass is 498 g/mol. The molecule has 0 aromatic carbocycles. The van der Waals surface area contributed by atoms with Crippen LogP contribution in [-0.4, -0.2) is 32.8 Å². The van der Waals surface area contributed by atoms with Crippen LogP contribution >= 0.6 is 22.6 Å². The van der Waals surface area contributed by atoms with Crippen molar-refractivity contribution in [1.29, 1.82) is 0 Å². The van der Waals surface area contributed by atoms with E-state index in [2.05, 4.69) is 0 Å². The summed E-state index contributed by atoms with van der Waals surface area (Å²) in [6.07, 6.45) is 0.661. The van der Waals surface area contributed by atoms with E-state index in [1.807, 2.05) is 6.92 Å². The lowest BCUT2D eigenvalue weighted by molar-refractivity contribution is -0.303. The Hall–Kier alpha value is 0.1000. The zero-order valence-electron chi connectivity index (χ0n) is 13.7. The number of hydrogen-bond donors (Lipinski definition) is 0. The second kappa shape index (κ2) is 6.92. The third-order valence-corrected chi connectivity index (χ3v) is 6.53. The first-order valence-electron chi connectivity index (χ1n) is 7.97. The van der Waals surface area contributed by atoms with Crippen molar-refractivity contribution >= 4 is 22.6 Å². The van der Waals surface area contributed by atoms with Gasteiger partial charge in [-0.05, 0) is 12.8 Å². The highest BCUT2D eigenvalue weighted by molar-refractivity contribution is 14.1. The van der Waals surface area contributed by atoms with Gasteiger partial charge in [0.15, 0.2) is 0 Å². The van der Waals surface area contributed by atoms with E-state index in [9.17, 15) is 39.5 Å². The van der Waals surface area contributed by atoms with E-state index in [0.717, 1.165) is 12.8 Å². The van der Waals surface area contributed by atoms with Crippen LogP contribution < -0.4 is 0 Å². The van der Waals surface area contributed by atoms with Crippen molar-refractivity contribution < 1.29 is 39.5 Å². The van der Waals surface area contributed by atoms with Crippen LogP contribution in [0.4, 0.5) is 39.5 Å². The molecule has 0 amide bonds. The van der Waals surface area contributed by atoms with Gasteiger partial charge in [-0.1, -0.05) is 62.1 Å². The zero-order chi connectivity index (χ0) is 19.9. The minimum atomic E-state index is -6.48. The molecule has 1 rings (SSSR count). The molecule has 0 bridgehead atoms. The van der Waals surface area contributed by atoms with Crippen molar-refractivity contribution in [3.8, 4) is 0 Å². The summed E-state index contributed by atoms with van der Waals surface area (Å²) < 4.78 is 121. The highest BCUT2D eigenvalue weighted by atomic mass is 127. The molecule has 0 radical (unpaired) electrons. The second-order valence-corrected chi connectivity index (χ2v) is 8.88. The lowest BCUT2D eigenvalue weighted by Gasteiger charge is -2.38. The van der Waals surface area contributed by atoms with Gasteiger partial charge in [0.25, 0.3) is 5.67 Å². The molecule has 1 unspecified atom stereocenters. The molecule has 0 N–H and O–H groups in total. The number of hydrogen-bond acceptors (Lipinski definition) is 0. The lowest BCUT2D eigenvalue weighted by atomic mass is 9.82. The molecule has 0 aliphatic heterocycles. The summed E-state index contributed by atoms with van der Waals surface area (Å²) in [5.41, 5.74) is -5.34. The minimum Gasteiger partial charge on any atom is -0.230 e. The summed E-state index contributed by atoms with van der Waals surface area (Å²) in [4.78, 5) is 0. The molecule has 150 valence electrons. The van der Waals surface area contributed by atoms with Crippen LogP contribution in [0.3, 0.4) is 0 Å². The van der Waals surface area contributed by atoms with E-state index in [1.165, 1.54) is 29.5 Å². The third kappa shape index (κ3) is 3.15. The summed E-state index contributed by atoms with van der Waals surface area (Å²) in [6.45, 7) is 3.27. The lowest BCUT2D eigenvalue weighted by Crippen LogP contribution is -2.57. The van der Waals surface area contributed by atoms with Crippen LogP contribution in [0, 0.1) is 0 Å². The SMILES string of the molecule is CCCCCCC(I)(CC)CC1(F)C(F)(F)C(F)(F)C(F)(F)C1(F)F. The summed E-state index contributed by atoms with van der Waals surface area (Å²) in [5.74, 6) is -25.3. The molecule has 0 nitrogen and oxygen atoms in total. The Bertz CT molecular complexity index is 452. The highest BCUT2D eigenvalue weighted by Crippen LogP contribution is 2.71. The highest BCUT2D eigenvalue weighted by Gasteiger charge is 3.00. The molecule has 1 atom stereocenters. The van der Waals surface area contributed by atoms with Gasteiger partial charge in [-0.25, -0.2) is 4.39 Å². The van der Waals surface area contributed by atoms with Crippen molar-refractivity contribution in [2.75, 3.05) is 0 Å². The summed E-state index contributed by atoms with van der Waals surface area (Å²) in [5, 5.41) is 0. The quantitative estimate of drug-likeness (QED) is 0.144. The fourth-order valence-corrected chi connectivity index (χ4v) is 3.91. The van der Waals surface area contributed by atoms with Crippen molar-refractivity contribution in [3.63, 3.8) is 0 Å². The first-order valence-corrected chi connectivity index (χ1v) is 9.05. The van der Waals surface area contributed by atoms with Gasteiger partial charge in [-0.15, -0.1) is 0 Å². The maximum absolute atomic E-state index is 14.7. The van der Waals surface area contributed by atoms with Crippen LogP contribution in [0.2, 0.25) is 0 Å². The zero-order valence-corrected chi connectivity index (χ0v) is 15.9. The molecular weight excluding hydrogens is 478 g/mol. The number of alkyl halides is 10. The van der Waals surface area contributed by atoms with E-state index in [1.54, 1.807) is 0 Å². The molecule has 1 aliphatic rings. The van der Waals surface area contributed by atoms with E-state index < -0.39 is 39.2 Å². The van der Waals surface area contributed by atoms with Gasteiger partial charge in [0.1, 0.15) is 0 Å². The van der Waals surface area contributed by atoms with Crippen LogP contribution in [0.25, 0.3) is 0 Å². The molecule has 1 saturated carbocycles. The smallest absolute Gasteiger partial charge is 0.230 e. The Kier molecular flexibility index (Phi) is 6.41. The van der Waals surface area contributed by atoms with Crippen molar-refractivity contribution in [2.45, 2.75) is 91.6 Å². The Balaban J connectivity index is 3.23. The average Bonchev–Trinajstić information content (AvgIpc) is 2.54. The van der Waals surface area contributed by atoms with Gasteiger partial charge < -0.3 is 0 Å². The Morgan fingerprint density at radius 1 is 0.680 bits per heavy atom. The number of rotatable bonds is 8. The van der Waals surface area contributed by atoms with Gasteiger partial charge in [0, 0.05) is 9.84 Å². The fourth-order valence-electron chi connectivity index (χ4n) is 3.01. The van der Waals surface area contributed by atoms with Gasteiger partial charge in [0.2, 0.25) is 0 Å². The Labute approximate surface area is 154 Å². The molecule has 0 heterocycles. The second-order valence-electron chi connectivity index (χ2n) is 6.59. The van der Waals surface area contributed by atoms with Gasteiger partial charge in [0.05, 0.1) is 0 Å². The first kappa shape index (κ1) is 23.1. The molecule has 1 fully saturated rings. The molecule has 0 aromatic rings. The van der Waals surface area contributed by atoms with Crippen LogP contribution in [0.15, 0.2) is 0 Å². The predicted molar refractivity (Wildman–Crippen MR) is 84.0 cm³/mol. The van der Waals surface area contributed by atoms with Crippen molar-refractivity contribution in [1.82, 2.24) is 0 Å². The maximum Gasteiger partial charge on any atom is 0.381 e. The predicted octanol–water partition coefficient (Wildman–Crippen LogP) is 7.19. The first-order chi connectivity index (χ1) is 11.1.